The normalized spacial score (nSPS) is 23.3. The summed E-state index contributed by atoms with van der Waals surface area (Å²) in [5, 5.41) is 16.9. The predicted molar refractivity (Wildman–Crippen MR) is 141 cm³/mol. The summed E-state index contributed by atoms with van der Waals surface area (Å²) in [6.07, 6.45) is 0. The number of carbonyl (C=O) groups is 2. The molecule has 1 saturated heterocycles. The molecule has 0 spiro atoms. The molecule has 0 bridgehead atoms. The molecule has 2 aromatic carbocycles. The van der Waals surface area contributed by atoms with Gasteiger partial charge in [-0.05, 0) is 63.0 Å². The number of nitrogens with zero attached hydrogens (tertiary/aromatic N) is 2. The number of methoxy groups -OCH3 is 1. The van der Waals surface area contributed by atoms with Crippen LogP contribution in [0.15, 0.2) is 51.8 Å². The second-order valence-electron chi connectivity index (χ2n) is 10.2. The number of benzene rings is 2. The molecule has 3 amide bonds. The number of imide groups is 1. The molecule has 3 heterocycles. The largest absolute Gasteiger partial charge is 0.497 e. The van der Waals surface area contributed by atoms with Crippen molar-refractivity contribution in [2.24, 2.45) is 0 Å². The Bertz CT molecular complexity index is 1570. The molecule has 5 rings (SSSR count). The van der Waals surface area contributed by atoms with Crippen LogP contribution in [0.2, 0.25) is 0 Å². The van der Waals surface area contributed by atoms with Gasteiger partial charge in [0.2, 0.25) is 10.0 Å². The Morgan fingerprint density at radius 1 is 1.18 bits per heavy atom. The van der Waals surface area contributed by atoms with Crippen LogP contribution in [0.1, 0.15) is 23.8 Å². The van der Waals surface area contributed by atoms with Gasteiger partial charge in [-0.3, -0.25) is 15.0 Å². The predicted octanol–water partition coefficient (Wildman–Crippen LogP) is 0.997. The van der Waals surface area contributed by atoms with Gasteiger partial charge >= 0.3 is 6.03 Å². The van der Waals surface area contributed by atoms with E-state index in [9.17, 15) is 23.1 Å². The summed E-state index contributed by atoms with van der Waals surface area (Å²) in [5.74, 6) is 0.0473. The SMILES string of the molecule is COc1ccc2c(c1)C(C)(O)N(C[C@@]1(c3cc4cc(S(=O)(=O)NCCN(C)C)ccc4o3)NC(=O)NC1=O)C2. The van der Waals surface area contributed by atoms with Crippen LogP contribution in [0, 0.1) is 0 Å². The topological polar surface area (TPSA) is 153 Å². The lowest BCUT2D eigenvalue weighted by molar-refractivity contribution is -0.132. The molecule has 4 N–H and O–H groups in total. The minimum Gasteiger partial charge on any atom is -0.497 e. The molecule has 39 heavy (non-hydrogen) atoms. The number of amides is 3. The molecule has 0 saturated carbocycles. The molecule has 0 radical (unpaired) electrons. The summed E-state index contributed by atoms with van der Waals surface area (Å²) in [7, 11) is 1.45. The van der Waals surface area contributed by atoms with Gasteiger partial charge in [0.15, 0.2) is 5.54 Å². The van der Waals surface area contributed by atoms with E-state index < -0.39 is 33.2 Å². The molecular weight excluding hydrogens is 526 g/mol. The Hall–Kier alpha value is -3.49. The summed E-state index contributed by atoms with van der Waals surface area (Å²) in [6.45, 7) is 2.57. The van der Waals surface area contributed by atoms with Gasteiger partial charge in [-0.2, -0.15) is 0 Å². The van der Waals surface area contributed by atoms with E-state index in [2.05, 4.69) is 15.4 Å². The van der Waals surface area contributed by atoms with Crippen molar-refractivity contribution in [3.63, 3.8) is 0 Å². The van der Waals surface area contributed by atoms with E-state index in [1.54, 1.807) is 30.0 Å². The second-order valence-corrected chi connectivity index (χ2v) is 12.0. The van der Waals surface area contributed by atoms with Crippen molar-refractivity contribution in [2.75, 3.05) is 40.8 Å². The van der Waals surface area contributed by atoms with Crippen LogP contribution in [-0.2, 0) is 32.6 Å². The van der Waals surface area contributed by atoms with E-state index in [1.165, 1.54) is 25.3 Å². The molecule has 1 unspecified atom stereocenters. The summed E-state index contributed by atoms with van der Waals surface area (Å²) < 4.78 is 39.5. The van der Waals surface area contributed by atoms with Crippen molar-refractivity contribution < 1.29 is 32.3 Å². The number of urea groups is 1. The number of ether oxygens (including phenoxy) is 1. The van der Waals surface area contributed by atoms with Crippen LogP contribution in [0.4, 0.5) is 4.79 Å². The smallest absolute Gasteiger partial charge is 0.322 e. The molecule has 3 aromatic rings. The number of hydrogen-bond donors (Lipinski definition) is 4. The molecule has 1 fully saturated rings. The number of nitrogens with one attached hydrogen (secondary N) is 3. The summed E-state index contributed by atoms with van der Waals surface area (Å²) in [4.78, 5) is 29.2. The Morgan fingerprint density at radius 3 is 2.62 bits per heavy atom. The molecular formula is C26H31N5O7S. The fourth-order valence-electron chi connectivity index (χ4n) is 5.03. The van der Waals surface area contributed by atoms with Crippen molar-refractivity contribution in [3.05, 3.63) is 59.4 Å². The third-order valence-electron chi connectivity index (χ3n) is 7.24. The average molecular weight is 558 g/mol. The van der Waals surface area contributed by atoms with Gasteiger partial charge in [-0.25, -0.2) is 17.9 Å². The first-order valence-corrected chi connectivity index (χ1v) is 13.8. The van der Waals surface area contributed by atoms with Gasteiger partial charge < -0.3 is 24.5 Å². The minimum absolute atomic E-state index is 0.0435. The van der Waals surface area contributed by atoms with Crippen LogP contribution < -0.4 is 20.1 Å². The third kappa shape index (κ3) is 4.76. The Kier molecular flexibility index (Phi) is 6.67. The molecule has 208 valence electrons. The van der Waals surface area contributed by atoms with Crippen molar-refractivity contribution in [3.8, 4) is 5.75 Å². The Labute approximate surface area is 225 Å². The van der Waals surface area contributed by atoms with E-state index in [-0.39, 0.29) is 23.7 Å². The molecule has 2 atom stereocenters. The van der Waals surface area contributed by atoms with E-state index in [1.807, 2.05) is 25.1 Å². The maximum Gasteiger partial charge on any atom is 0.322 e. The fourth-order valence-corrected chi connectivity index (χ4v) is 6.08. The van der Waals surface area contributed by atoms with Gasteiger partial charge in [-0.1, -0.05) is 6.07 Å². The molecule has 2 aliphatic heterocycles. The van der Waals surface area contributed by atoms with Crippen LogP contribution in [-0.4, -0.2) is 76.1 Å². The molecule has 1 aromatic heterocycles. The molecule has 13 heteroatoms. The highest BCUT2D eigenvalue weighted by atomic mass is 32.2. The highest BCUT2D eigenvalue weighted by Gasteiger charge is 2.54. The first kappa shape index (κ1) is 27.1. The minimum atomic E-state index is -3.78. The lowest BCUT2D eigenvalue weighted by Gasteiger charge is -2.36. The zero-order valence-electron chi connectivity index (χ0n) is 22.1. The van der Waals surface area contributed by atoms with E-state index in [4.69, 9.17) is 9.15 Å². The van der Waals surface area contributed by atoms with E-state index in [0.717, 1.165) is 5.56 Å². The zero-order chi connectivity index (χ0) is 28.2. The lowest BCUT2D eigenvalue weighted by Crippen LogP contribution is -2.55. The number of fused-ring (bicyclic) bond motifs is 2. The van der Waals surface area contributed by atoms with Crippen LogP contribution in [0.5, 0.6) is 5.75 Å². The number of aliphatic hydroxyl groups is 1. The van der Waals surface area contributed by atoms with Crippen LogP contribution in [0.25, 0.3) is 11.0 Å². The molecule has 0 aliphatic carbocycles. The maximum atomic E-state index is 13.3. The van der Waals surface area contributed by atoms with Crippen molar-refractivity contribution in [1.82, 2.24) is 25.2 Å². The van der Waals surface area contributed by atoms with Gasteiger partial charge in [-0.15, -0.1) is 0 Å². The number of likely N-dealkylation sites (N-methyl/N-ethyl adjacent to an activating group) is 1. The average Bonchev–Trinajstić information content (AvgIpc) is 3.50. The quantitative estimate of drug-likeness (QED) is 0.282. The Balaban J connectivity index is 1.49. The second kappa shape index (κ2) is 9.61. The van der Waals surface area contributed by atoms with Crippen LogP contribution >= 0.6 is 0 Å². The number of hydrogen-bond acceptors (Lipinski definition) is 9. The van der Waals surface area contributed by atoms with E-state index in [0.29, 0.717) is 35.4 Å². The highest BCUT2D eigenvalue weighted by molar-refractivity contribution is 7.89. The van der Waals surface area contributed by atoms with Gasteiger partial charge in [0, 0.05) is 37.1 Å². The van der Waals surface area contributed by atoms with Crippen LogP contribution in [0.3, 0.4) is 0 Å². The standard InChI is InChI=1S/C26H31N5O7S/c1-25(34)20-13-18(37-4)6-5-16(20)14-31(25)15-26(23(32)28-24(33)29-26)22-12-17-11-19(7-8-21(17)38-22)39(35,36)27-9-10-30(2)3/h5-8,11-13,27,34H,9-10,14-15H2,1-4H3,(H2,28,29,32,33)/t25?,26-/m0/s1. The van der Waals surface area contributed by atoms with Gasteiger partial charge in [0.1, 0.15) is 22.8 Å². The zero-order valence-corrected chi connectivity index (χ0v) is 22.9. The van der Waals surface area contributed by atoms with Gasteiger partial charge in [0.05, 0.1) is 12.0 Å². The number of furan rings is 1. The third-order valence-corrected chi connectivity index (χ3v) is 8.70. The van der Waals surface area contributed by atoms with E-state index >= 15 is 0 Å². The monoisotopic (exact) mass is 557 g/mol. The summed E-state index contributed by atoms with van der Waals surface area (Å²) in [5.41, 5.74) is -1.33. The van der Waals surface area contributed by atoms with Gasteiger partial charge in [0.25, 0.3) is 5.91 Å². The molecule has 2 aliphatic rings. The summed E-state index contributed by atoms with van der Waals surface area (Å²) >= 11 is 0. The number of rotatable bonds is 9. The number of carbonyl (C=O) groups excluding carboxylic acids is 2. The lowest BCUT2D eigenvalue weighted by atomic mass is 9.94. The first-order valence-electron chi connectivity index (χ1n) is 12.3. The summed E-state index contributed by atoms with van der Waals surface area (Å²) in [6, 6.07) is 10.6. The van der Waals surface area contributed by atoms with Crippen molar-refractivity contribution in [1.29, 1.82) is 0 Å². The number of sulfonamides is 1. The maximum absolute atomic E-state index is 13.3. The first-order chi connectivity index (χ1) is 18.4. The molecule has 12 nitrogen and oxygen atoms in total. The highest BCUT2D eigenvalue weighted by Crippen LogP contribution is 2.42. The Morgan fingerprint density at radius 2 is 1.95 bits per heavy atom. The van der Waals surface area contributed by atoms with Crippen molar-refractivity contribution >= 4 is 32.9 Å². The van der Waals surface area contributed by atoms with Crippen molar-refractivity contribution in [2.45, 2.75) is 29.6 Å². The fraction of sp³-hybridized carbons (Fsp3) is 0.385.